The van der Waals surface area contributed by atoms with Gasteiger partial charge >= 0.3 is 0 Å². The normalized spacial score (nSPS) is 13.3. The molecule has 0 spiro atoms. The Kier molecular flexibility index (Phi) is 5.30. The minimum atomic E-state index is -3.66. The van der Waals surface area contributed by atoms with Gasteiger partial charge in [0.2, 0.25) is 15.9 Å². The van der Waals surface area contributed by atoms with Crippen molar-refractivity contribution in [1.82, 2.24) is 5.32 Å². The van der Waals surface area contributed by atoms with Crippen LogP contribution < -0.4 is 10.5 Å². The molecule has 1 atom stereocenters. The number of sulfonamides is 1. The summed E-state index contributed by atoms with van der Waals surface area (Å²) in [4.78, 5) is 12.4. The summed E-state index contributed by atoms with van der Waals surface area (Å²) in [6.45, 7) is 4.01. The summed E-state index contributed by atoms with van der Waals surface area (Å²) in [5.74, 6) is -0.0984. The smallest absolute Gasteiger partial charge is 0.247 e. The van der Waals surface area contributed by atoms with E-state index >= 15 is 0 Å². The van der Waals surface area contributed by atoms with Gasteiger partial charge in [-0.25, -0.2) is 13.6 Å². The summed E-state index contributed by atoms with van der Waals surface area (Å²) in [6, 6.07) is 3.19. The van der Waals surface area contributed by atoms with Crippen molar-refractivity contribution in [2.75, 3.05) is 0 Å². The van der Waals surface area contributed by atoms with Crippen LogP contribution in [0.2, 0.25) is 0 Å². The van der Waals surface area contributed by atoms with Crippen LogP contribution in [0.3, 0.4) is 0 Å². The Labute approximate surface area is 111 Å². The summed E-state index contributed by atoms with van der Waals surface area (Å²) < 4.78 is 22.3. The molecule has 5 nitrogen and oxygen atoms in total. The van der Waals surface area contributed by atoms with E-state index in [-0.39, 0.29) is 22.6 Å². The van der Waals surface area contributed by atoms with E-state index in [0.717, 1.165) is 24.2 Å². The number of thiophene rings is 1. The quantitative estimate of drug-likeness (QED) is 0.826. The maximum absolute atomic E-state index is 11.7. The Balaban J connectivity index is 2.58. The molecule has 102 valence electrons. The van der Waals surface area contributed by atoms with Crippen LogP contribution in [0, 0.1) is 0 Å². The number of nitrogens with two attached hydrogens (primary N) is 1. The lowest BCUT2D eigenvalue weighted by Crippen LogP contribution is -2.33. The Morgan fingerprint density at radius 2 is 2.17 bits per heavy atom. The zero-order valence-electron chi connectivity index (χ0n) is 10.5. The maximum atomic E-state index is 11.7. The number of hydrogen-bond acceptors (Lipinski definition) is 4. The average molecular weight is 290 g/mol. The molecule has 18 heavy (non-hydrogen) atoms. The molecule has 0 saturated carbocycles. The van der Waals surface area contributed by atoms with Gasteiger partial charge in [-0.3, -0.25) is 4.79 Å². The Morgan fingerprint density at radius 3 is 2.67 bits per heavy atom. The first-order valence-corrected chi connectivity index (χ1v) is 8.10. The summed E-state index contributed by atoms with van der Waals surface area (Å²) in [6.07, 6.45) is 2.13. The molecule has 7 heteroatoms. The highest BCUT2D eigenvalue weighted by molar-refractivity contribution is 7.91. The van der Waals surface area contributed by atoms with Crippen molar-refractivity contribution in [3.8, 4) is 0 Å². The molecule has 1 aromatic heterocycles. The fourth-order valence-electron chi connectivity index (χ4n) is 1.60. The van der Waals surface area contributed by atoms with Crippen LogP contribution in [0.15, 0.2) is 16.3 Å². The molecule has 0 saturated heterocycles. The van der Waals surface area contributed by atoms with Crippen LogP contribution in [0.5, 0.6) is 0 Å². The molecule has 1 heterocycles. The van der Waals surface area contributed by atoms with E-state index in [2.05, 4.69) is 12.2 Å². The number of primary sulfonamides is 1. The largest absolute Gasteiger partial charge is 0.353 e. The molecular formula is C11H18N2O3S2. The fourth-order valence-corrected chi connectivity index (χ4v) is 3.37. The summed E-state index contributed by atoms with van der Waals surface area (Å²) in [7, 11) is -3.66. The number of amides is 1. The van der Waals surface area contributed by atoms with Crippen LogP contribution in [0.4, 0.5) is 0 Å². The molecule has 3 N–H and O–H groups in total. The number of carbonyl (C=O) groups excluding carboxylic acids is 1. The van der Waals surface area contributed by atoms with Crippen molar-refractivity contribution in [2.24, 2.45) is 5.14 Å². The Bertz CT molecular complexity index is 508. The number of nitrogens with one attached hydrogen (secondary N) is 1. The van der Waals surface area contributed by atoms with E-state index in [4.69, 9.17) is 5.14 Å². The third-order valence-corrected chi connectivity index (χ3v) is 4.91. The zero-order chi connectivity index (χ0) is 13.8. The van der Waals surface area contributed by atoms with Gasteiger partial charge in [0.1, 0.15) is 4.21 Å². The molecule has 0 aliphatic rings. The second-order valence-electron chi connectivity index (χ2n) is 4.20. The number of hydrogen-bond donors (Lipinski definition) is 2. The van der Waals surface area contributed by atoms with Gasteiger partial charge in [0, 0.05) is 10.9 Å². The average Bonchev–Trinajstić information content (AvgIpc) is 2.65. The van der Waals surface area contributed by atoms with Crippen LogP contribution in [-0.2, 0) is 21.2 Å². The lowest BCUT2D eigenvalue weighted by atomic mass is 10.2. The first kappa shape index (κ1) is 15.1. The summed E-state index contributed by atoms with van der Waals surface area (Å²) in [5.41, 5.74) is 0. The number of rotatable bonds is 6. The molecule has 0 aliphatic carbocycles. The molecular weight excluding hydrogens is 272 g/mol. The Hall–Kier alpha value is -0.920. The van der Waals surface area contributed by atoms with Crippen molar-refractivity contribution in [3.05, 3.63) is 17.0 Å². The lowest BCUT2D eigenvalue weighted by molar-refractivity contribution is -0.121. The monoisotopic (exact) mass is 290 g/mol. The molecule has 1 aromatic rings. The van der Waals surface area contributed by atoms with Gasteiger partial charge in [-0.2, -0.15) is 0 Å². The molecule has 0 bridgehead atoms. The second-order valence-corrected chi connectivity index (χ2v) is 7.16. The van der Waals surface area contributed by atoms with E-state index in [1.165, 1.54) is 6.07 Å². The highest BCUT2D eigenvalue weighted by Gasteiger charge is 2.13. The van der Waals surface area contributed by atoms with Gasteiger partial charge in [0.25, 0.3) is 0 Å². The third-order valence-electron chi connectivity index (χ3n) is 2.38. The van der Waals surface area contributed by atoms with Gasteiger partial charge in [-0.05, 0) is 25.5 Å². The SMILES string of the molecule is CCCC(C)NC(=O)Cc1ccc(S(N)(=O)=O)s1. The van der Waals surface area contributed by atoms with Crippen LogP contribution >= 0.6 is 11.3 Å². The zero-order valence-corrected chi connectivity index (χ0v) is 12.1. The van der Waals surface area contributed by atoms with Crippen LogP contribution in [-0.4, -0.2) is 20.4 Å². The molecule has 1 unspecified atom stereocenters. The van der Waals surface area contributed by atoms with E-state index < -0.39 is 10.0 Å². The van der Waals surface area contributed by atoms with Crippen molar-refractivity contribution in [3.63, 3.8) is 0 Å². The van der Waals surface area contributed by atoms with E-state index in [9.17, 15) is 13.2 Å². The van der Waals surface area contributed by atoms with Crippen molar-refractivity contribution < 1.29 is 13.2 Å². The van der Waals surface area contributed by atoms with Crippen molar-refractivity contribution >= 4 is 27.3 Å². The highest BCUT2D eigenvalue weighted by atomic mass is 32.2. The van der Waals surface area contributed by atoms with Gasteiger partial charge in [-0.1, -0.05) is 13.3 Å². The summed E-state index contributed by atoms with van der Waals surface area (Å²) in [5, 5.41) is 7.87. The number of carbonyl (C=O) groups is 1. The van der Waals surface area contributed by atoms with E-state index in [0.29, 0.717) is 4.88 Å². The van der Waals surface area contributed by atoms with Crippen molar-refractivity contribution in [1.29, 1.82) is 0 Å². The molecule has 1 amide bonds. The molecule has 0 aromatic carbocycles. The van der Waals surface area contributed by atoms with Crippen molar-refractivity contribution in [2.45, 2.75) is 43.4 Å². The van der Waals surface area contributed by atoms with E-state index in [1.807, 2.05) is 6.92 Å². The minimum absolute atomic E-state index is 0.0897. The van der Waals surface area contributed by atoms with Crippen LogP contribution in [0.1, 0.15) is 31.6 Å². The first-order chi connectivity index (χ1) is 8.32. The topological polar surface area (TPSA) is 89.3 Å². The van der Waals surface area contributed by atoms with Gasteiger partial charge in [-0.15, -0.1) is 11.3 Å². The van der Waals surface area contributed by atoms with Gasteiger partial charge in [0.15, 0.2) is 0 Å². The molecule has 0 fully saturated rings. The molecule has 0 radical (unpaired) electrons. The third kappa shape index (κ3) is 4.75. The summed E-state index contributed by atoms with van der Waals surface area (Å²) >= 11 is 1.03. The highest BCUT2D eigenvalue weighted by Crippen LogP contribution is 2.20. The first-order valence-electron chi connectivity index (χ1n) is 5.73. The standard InChI is InChI=1S/C11H18N2O3S2/c1-3-4-8(2)13-10(14)7-9-5-6-11(17-9)18(12,15)16/h5-6,8H,3-4,7H2,1-2H3,(H,13,14)(H2,12,15,16). The fraction of sp³-hybridized carbons (Fsp3) is 0.545. The molecule has 1 rings (SSSR count). The minimum Gasteiger partial charge on any atom is -0.353 e. The van der Waals surface area contributed by atoms with E-state index in [1.54, 1.807) is 6.07 Å². The molecule has 0 aliphatic heterocycles. The predicted molar refractivity (Wildman–Crippen MR) is 71.9 cm³/mol. The van der Waals surface area contributed by atoms with Gasteiger partial charge < -0.3 is 5.32 Å². The van der Waals surface area contributed by atoms with Gasteiger partial charge in [0.05, 0.1) is 6.42 Å². The predicted octanol–water partition coefficient (Wildman–Crippen LogP) is 1.24. The second kappa shape index (κ2) is 6.31. The van der Waals surface area contributed by atoms with Crippen LogP contribution in [0.25, 0.3) is 0 Å². The maximum Gasteiger partial charge on any atom is 0.247 e. The lowest BCUT2D eigenvalue weighted by Gasteiger charge is -2.11. The Morgan fingerprint density at radius 1 is 1.50 bits per heavy atom.